The van der Waals surface area contributed by atoms with Crippen LogP contribution in [0.2, 0.25) is 0 Å². The molecule has 0 bridgehead atoms. The number of hydrogen-bond donors (Lipinski definition) is 1. The molecule has 0 aliphatic carbocycles. The van der Waals surface area contributed by atoms with Crippen LogP contribution in [0.4, 0.5) is 0 Å². The quantitative estimate of drug-likeness (QED) is 0.700. The highest BCUT2D eigenvalue weighted by Gasteiger charge is 2.23. The minimum Gasteiger partial charge on any atom is -0.493 e. The highest BCUT2D eigenvalue weighted by atomic mass is 16.5. The lowest BCUT2D eigenvalue weighted by Gasteiger charge is -2.33. The van der Waals surface area contributed by atoms with Gasteiger partial charge in [-0.15, -0.1) is 0 Å². The fourth-order valence-electron chi connectivity index (χ4n) is 3.57. The molecule has 0 fully saturated rings. The van der Waals surface area contributed by atoms with Gasteiger partial charge in [-0.1, -0.05) is 26.2 Å². The van der Waals surface area contributed by atoms with Crippen molar-refractivity contribution in [1.82, 2.24) is 4.90 Å². The normalized spacial score (nSPS) is 17.2. The summed E-state index contributed by atoms with van der Waals surface area (Å²) in [6.45, 7) is 7.09. The van der Waals surface area contributed by atoms with Gasteiger partial charge in [-0.3, -0.25) is 4.90 Å². The third kappa shape index (κ3) is 4.87. The molecule has 2 atom stereocenters. The van der Waals surface area contributed by atoms with Gasteiger partial charge in [0, 0.05) is 19.6 Å². The largest absolute Gasteiger partial charge is 0.493 e. The zero-order valence-corrected chi connectivity index (χ0v) is 15.7. The van der Waals surface area contributed by atoms with Crippen LogP contribution in [0, 0.1) is 5.92 Å². The minimum absolute atomic E-state index is 0.242. The first-order valence-corrected chi connectivity index (χ1v) is 9.23. The summed E-state index contributed by atoms with van der Waals surface area (Å²) in [5, 5.41) is 10.1. The molecule has 0 spiro atoms. The molecule has 0 amide bonds. The van der Waals surface area contributed by atoms with Crippen LogP contribution in [0.3, 0.4) is 0 Å². The van der Waals surface area contributed by atoms with Gasteiger partial charge in [0.25, 0.3) is 0 Å². The molecule has 0 radical (unpaired) electrons. The summed E-state index contributed by atoms with van der Waals surface area (Å²) in [5.41, 5.74) is 2.67. The Bertz CT molecular complexity index is 516. The molecular weight excluding hydrogens is 302 g/mol. The van der Waals surface area contributed by atoms with Gasteiger partial charge in [-0.2, -0.15) is 0 Å². The highest BCUT2D eigenvalue weighted by molar-refractivity contribution is 5.48. The molecule has 1 aliphatic heterocycles. The van der Waals surface area contributed by atoms with Crippen molar-refractivity contribution < 1.29 is 14.6 Å². The molecule has 1 aromatic rings. The summed E-state index contributed by atoms with van der Waals surface area (Å²) in [6, 6.07) is 4.22. The van der Waals surface area contributed by atoms with E-state index in [1.165, 1.54) is 30.4 Å². The van der Waals surface area contributed by atoms with Gasteiger partial charge in [0.2, 0.25) is 0 Å². The maximum absolute atomic E-state index is 10.1. The van der Waals surface area contributed by atoms with Crippen molar-refractivity contribution in [2.75, 3.05) is 27.3 Å². The van der Waals surface area contributed by atoms with E-state index in [0.29, 0.717) is 5.92 Å². The molecule has 2 rings (SSSR count). The fraction of sp³-hybridized carbons (Fsp3) is 0.700. The molecule has 1 N–H and O–H groups in total. The molecule has 0 aromatic heterocycles. The second kappa shape index (κ2) is 9.28. The summed E-state index contributed by atoms with van der Waals surface area (Å²) in [5.74, 6) is 1.97. The number of aliphatic hydroxyl groups is 1. The highest BCUT2D eigenvalue weighted by Crippen LogP contribution is 2.33. The summed E-state index contributed by atoms with van der Waals surface area (Å²) in [7, 11) is 3.37. The predicted molar refractivity (Wildman–Crippen MR) is 97.8 cm³/mol. The Hall–Kier alpha value is -1.26. The van der Waals surface area contributed by atoms with Crippen LogP contribution < -0.4 is 9.47 Å². The van der Waals surface area contributed by atoms with Gasteiger partial charge in [0.05, 0.1) is 20.3 Å². The van der Waals surface area contributed by atoms with Crippen molar-refractivity contribution in [3.63, 3.8) is 0 Å². The van der Waals surface area contributed by atoms with E-state index >= 15 is 0 Å². The lowest BCUT2D eigenvalue weighted by Crippen LogP contribution is -2.37. The molecule has 24 heavy (non-hydrogen) atoms. The van der Waals surface area contributed by atoms with E-state index in [9.17, 15) is 5.11 Å². The topological polar surface area (TPSA) is 41.9 Å². The van der Waals surface area contributed by atoms with Crippen LogP contribution in [0.15, 0.2) is 12.1 Å². The van der Waals surface area contributed by atoms with Gasteiger partial charge < -0.3 is 14.6 Å². The van der Waals surface area contributed by atoms with E-state index in [4.69, 9.17) is 9.47 Å². The van der Waals surface area contributed by atoms with Crippen LogP contribution in [0.25, 0.3) is 0 Å². The van der Waals surface area contributed by atoms with Crippen LogP contribution in [-0.4, -0.2) is 43.4 Å². The van der Waals surface area contributed by atoms with Crippen molar-refractivity contribution in [3.8, 4) is 11.5 Å². The fourth-order valence-corrected chi connectivity index (χ4v) is 3.57. The lowest BCUT2D eigenvalue weighted by molar-refractivity contribution is 0.0818. The van der Waals surface area contributed by atoms with Gasteiger partial charge in [-0.25, -0.2) is 0 Å². The number of nitrogens with zero attached hydrogens (tertiary/aromatic N) is 1. The lowest BCUT2D eigenvalue weighted by atomic mass is 9.93. The number of fused-ring (bicyclic) bond motifs is 1. The van der Waals surface area contributed by atoms with Gasteiger partial charge in [0.1, 0.15) is 0 Å². The number of aliphatic hydroxyl groups excluding tert-OH is 1. The van der Waals surface area contributed by atoms with E-state index in [2.05, 4.69) is 24.0 Å². The van der Waals surface area contributed by atoms with Crippen molar-refractivity contribution >= 4 is 0 Å². The maximum Gasteiger partial charge on any atom is 0.161 e. The zero-order chi connectivity index (χ0) is 17.5. The monoisotopic (exact) mass is 335 g/mol. The minimum atomic E-state index is -0.242. The third-order valence-electron chi connectivity index (χ3n) is 5.15. The SMILES string of the molecule is CCCCCC(CN1CCc2cc(OC)c(OC)cc2C1)[C@@H](C)O. The number of rotatable bonds is 9. The van der Waals surface area contributed by atoms with E-state index in [1.54, 1.807) is 14.2 Å². The van der Waals surface area contributed by atoms with Crippen molar-refractivity contribution in [1.29, 1.82) is 0 Å². The van der Waals surface area contributed by atoms with E-state index < -0.39 is 0 Å². The van der Waals surface area contributed by atoms with Crippen LogP contribution in [0.5, 0.6) is 11.5 Å². The number of ether oxygens (including phenoxy) is 2. The van der Waals surface area contributed by atoms with Crippen LogP contribution >= 0.6 is 0 Å². The Morgan fingerprint density at radius 1 is 1.12 bits per heavy atom. The predicted octanol–water partition coefficient (Wildman–Crippen LogP) is 3.64. The number of methoxy groups -OCH3 is 2. The molecule has 1 unspecified atom stereocenters. The van der Waals surface area contributed by atoms with Crippen LogP contribution in [-0.2, 0) is 13.0 Å². The Balaban J connectivity index is 2.02. The Morgan fingerprint density at radius 2 is 1.79 bits per heavy atom. The average molecular weight is 335 g/mol. The zero-order valence-electron chi connectivity index (χ0n) is 15.7. The molecule has 4 heteroatoms. The Kier molecular flexibility index (Phi) is 7.38. The summed E-state index contributed by atoms with van der Waals surface area (Å²) in [6.07, 6.45) is 5.59. The van der Waals surface area contributed by atoms with E-state index in [1.807, 2.05) is 6.92 Å². The number of benzene rings is 1. The molecule has 0 saturated heterocycles. The van der Waals surface area contributed by atoms with Crippen LogP contribution in [0.1, 0.15) is 50.7 Å². The summed E-state index contributed by atoms with van der Waals surface area (Å²) >= 11 is 0. The molecule has 0 saturated carbocycles. The maximum atomic E-state index is 10.1. The second-order valence-electron chi connectivity index (χ2n) is 6.96. The smallest absolute Gasteiger partial charge is 0.161 e. The molecule has 1 aliphatic rings. The number of hydrogen-bond acceptors (Lipinski definition) is 4. The second-order valence-corrected chi connectivity index (χ2v) is 6.96. The van der Waals surface area contributed by atoms with Gasteiger partial charge in [0.15, 0.2) is 11.5 Å². The first-order chi connectivity index (χ1) is 11.6. The third-order valence-corrected chi connectivity index (χ3v) is 5.15. The first-order valence-electron chi connectivity index (χ1n) is 9.23. The van der Waals surface area contributed by atoms with E-state index in [0.717, 1.165) is 44.0 Å². The van der Waals surface area contributed by atoms with Gasteiger partial charge in [-0.05, 0) is 48.9 Å². The van der Waals surface area contributed by atoms with E-state index in [-0.39, 0.29) is 6.10 Å². The van der Waals surface area contributed by atoms with Crippen molar-refractivity contribution in [2.24, 2.45) is 5.92 Å². The Morgan fingerprint density at radius 3 is 2.38 bits per heavy atom. The summed E-state index contributed by atoms with van der Waals surface area (Å²) in [4.78, 5) is 2.47. The van der Waals surface area contributed by atoms with Gasteiger partial charge >= 0.3 is 0 Å². The average Bonchev–Trinajstić information content (AvgIpc) is 2.59. The molecular formula is C20H33NO3. The molecule has 1 aromatic carbocycles. The molecule has 1 heterocycles. The molecule has 4 nitrogen and oxygen atoms in total. The van der Waals surface area contributed by atoms with Crippen molar-refractivity contribution in [3.05, 3.63) is 23.3 Å². The first kappa shape index (κ1) is 19.1. The molecule has 136 valence electrons. The standard InChI is InChI=1S/C20H33NO3/c1-5-6-7-8-17(15(2)22)13-21-10-9-16-11-19(23-3)20(24-4)12-18(16)14-21/h11-12,15,17,22H,5-10,13-14H2,1-4H3/t15-,17?/m1/s1. The Labute approximate surface area is 146 Å². The number of unbranched alkanes of at least 4 members (excludes halogenated alkanes) is 2. The van der Waals surface area contributed by atoms with Crippen molar-refractivity contribution in [2.45, 2.75) is 58.6 Å². The summed E-state index contributed by atoms with van der Waals surface area (Å²) < 4.78 is 10.8.